The van der Waals surface area contributed by atoms with Crippen LogP contribution in [0, 0.1) is 5.82 Å². The number of amides is 2. The molecule has 2 fully saturated rings. The van der Waals surface area contributed by atoms with Crippen LogP contribution in [0.5, 0.6) is 5.88 Å². The highest BCUT2D eigenvalue weighted by molar-refractivity contribution is 6.31. The number of nitrogens with one attached hydrogen (secondary N) is 2. The molecule has 2 amide bonds. The summed E-state index contributed by atoms with van der Waals surface area (Å²) in [4.78, 5) is 45.4. The van der Waals surface area contributed by atoms with Crippen LogP contribution >= 0.6 is 11.6 Å². The van der Waals surface area contributed by atoms with Crippen molar-refractivity contribution in [3.05, 3.63) is 74.4 Å². The zero-order valence-electron chi connectivity index (χ0n) is 25.8. The standard InChI is InChI=1S/C32H35ClF3N5O5/c1-5-46-27-10-20(28-23(11-21(33)12-25(28)34)30(43)40-15-32(35,36)16-40)9-26(38-27)39-29(42)24-8-19(13-37-17(2)18(3)45-4)14-41(31(24)44)22-6-7-22/h8-12,14,17-18,22,37H,5-7,13,15-16H2,1-4H3,(H,38,39,42)/t17-,18-/m0/s1. The van der Waals surface area contributed by atoms with Gasteiger partial charge in [-0.3, -0.25) is 14.4 Å². The van der Waals surface area contributed by atoms with Crippen LogP contribution in [0.2, 0.25) is 5.02 Å². The molecule has 3 heterocycles. The number of carbonyl (C=O) groups excluding carboxylic acids is 2. The number of methoxy groups -OCH3 is 1. The number of nitrogens with zero attached hydrogens (tertiary/aromatic N) is 3. The van der Waals surface area contributed by atoms with Crippen LogP contribution in [0.1, 0.15) is 65.9 Å². The Hall–Kier alpha value is -3.94. The molecule has 0 radical (unpaired) electrons. The quantitative estimate of drug-likeness (QED) is 0.271. The second kappa shape index (κ2) is 13.4. The third kappa shape index (κ3) is 7.37. The van der Waals surface area contributed by atoms with E-state index in [0.29, 0.717) is 12.1 Å². The number of hydrogen-bond donors (Lipinski definition) is 2. The van der Waals surface area contributed by atoms with E-state index in [0.717, 1.165) is 23.8 Å². The van der Waals surface area contributed by atoms with Crippen molar-refractivity contribution < 1.29 is 32.2 Å². The maximum Gasteiger partial charge on any atom is 0.282 e. The average Bonchev–Trinajstić information content (AvgIpc) is 3.83. The van der Waals surface area contributed by atoms with Gasteiger partial charge < -0.3 is 29.6 Å². The Labute approximate surface area is 268 Å². The van der Waals surface area contributed by atoms with E-state index in [-0.39, 0.29) is 63.8 Å². The molecule has 5 rings (SSSR count). The van der Waals surface area contributed by atoms with Gasteiger partial charge in [-0.05, 0) is 69.0 Å². The van der Waals surface area contributed by atoms with E-state index >= 15 is 4.39 Å². The second-order valence-electron chi connectivity index (χ2n) is 11.6. The minimum Gasteiger partial charge on any atom is -0.478 e. The van der Waals surface area contributed by atoms with Gasteiger partial charge in [0, 0.05) is 48.6 Å². The minimum atomic E-state index is -3.03. The first-order valence-electron chi connectivity index (χ1n) is 14.9. The first-order valence-corrected chi connectivity index (χ1v) is 15.3. The molecule has 0 bridgehead atoms. The fourth-order valence-corrected chi connectivity index (χ4v) is 5.38. The number of alkyl halides is 2. The SMILES string of the molecule is CCOc1cc(-c2c(F)cc(Cl)cc2C(=O)N2CC(F)(F)C2)cc(NC(=O)c2cc(CN[C@@H](C)[C@H](C)OC)cn(C3CC3)c2=O)n1. The molecule has 2 atom stereocenters. The molecule has 1 aliphatic heterocycles. The molecular weight excluding hydrogens is 627 g/mol. The molecule has 1 aliphatic carbocycles. The molecule has 0 unspecified atom stereocenters. The van der Waals surface area contributed by atoms with Crippen molar-refractivity contribution >= 4 is 29.2 Å². The predicted octanol–water partition coefficient (Wildman–Crippen LogP) is 5.29. The lowest BCUT2D eigenvalue weighted by atomic mass is 9.97. The van der Waals surface area contributed by atoms with E-state index < -0.39 is 42.2 Å². The first kappa shape index (κ1) is 33.4. The lowest BCUT2D eigenvalue weighted by Gasteiger charge is -2.39. The summed E-state index contributed by atoms with van der Waals surface area (Å²) in [5.74, 6) is -5.59. The maximum atomic E-state index is 15.5. The third-order valence-electron chi connectivity index (χ3n) is 8.03. The van der Waals surface area contributed by atoms with Crippen molar-refractivity contribution in [1.82, 2.24) is 19.8 Å². The van der Waals surface area contributed by atoms with E-state index in [9.17, 15) is 23.2 Å². The van der Waals surface area contributed by atoms with Crippen molar-refractivity contribution in [3.63, 3.8) is 0 Å². The van der Waals surface area contributed by atoms with Crippen molar-refractivity contribution in [1.29, 1.82) is 0 Å². The molecule has 3 aromatic rings. The lowest BCUT2D eigenvalue weighted by molar-refractivity contribution is -0.113. The Bertz CT molecular complexity index is 1710. The number of benzene rings is 1. The number of likely N-dealkylation sites (tertiary alicyclic amines) is 1. The van der Waals surface area contributed by atoms with Gasteiger partial charge in [-0.25, -0.2) is 13.2 Å². The van der Waals surface area contributed by atoms with Gasteiger partial charge in [0.05, 0.1) is 31.4 Å². The monoisotopic (exact) mass is 661 g/mol. The Balaban J connectivity index is 1.49. The molecule has 1 aromatic carbocycles. The maximum absolute atomic E-state index is 15.5. The normalized spacial score (nSPS) is 16.8. The highest BCUT2D eigenvalue weighted by atomic mass is 35.5. The summed E-state index contributed by atoms with van der Waals surface area (Å²) in [5, 5.41) is 5.87. The highest BCUT2D eigenvalue weighted by Gasteiger charge is 2.47. The van der Waals surface area contributed by atoms with Crippen LogP contribution in [0.4, 0.5) is 19.0 Å². The van der Waals surface area contributed by atoms with Gasteiger partial charge in [-0.2, -0.15) is 4.98 Å². The van der Waals surface area contributed by atoms with E-state index in [1.54, 1.807) is 24.8 Å². The highest BCUT2D eigenvalue weighted by Crippen LogP contribution is 2.37. The molecule has 10 nitrogen and oxygen atoms in total. The fraction of sp³-hybridized carbons (Fsp3) is 0.438. The summed E-state index contributed by atoms with van der Waals surface area (Å²) in [6.45, 7) is 4.52. The van der Waals surface area contributed by atoms with Crippen LogP contribution in [0.25, 0.3) is 11.1 Å². The summed E-state index contributed by atoms with van der Waals surface area (Å²) in [6, 6.07) is 6.37. The van der Waals surface area contributed by atoms with Gasteiger partial charge in [0.1, 0.15) is 17.2 Å². The van der Waals surface area contributed by atoms with E-state index in [1.165, 1.54) is 24.3 Å². The van der Waals surface area contributed by atoms with Crippen LogP contribution in [0.3, 0.4) is 0 Å². The molecule has 1 saturated carbocycles. The van der Waals surface area contributed by atoms with Crippen LogP contribution in [-0.2, 0) is 11.3 Å². The Kier molecular flexibility index (Phi) is 9.75. The first-order chi connectivity index (χ1) is 21.8. The smallest absolute Gasteiger partial charge is 0.282 e. The molecule has 1 saturated heterocycles. The summed E-state index contributed by atoms with van der Waals surface area (Å²) in [5.41, 5.74) is -0.259. The van der Waals surface area contributed by atoms with E-state index in [4.69, 9.17) is 21.1 Å². The Morgan fingerprint density at radius 2 is 1.85 bits per heavy atom. The fourth-order valence-electron chi connectivity index (χ4n) is 5.17. The number of ether oxygens (including phenoxy) is 2. The number of hydrogen-bond acceptors (Lipinski definition) is 7. The summed E-state index contributed by atoms with van der Waals surface area (Å²) >= 11 is 6.06. The lowest BCUT2D eigenvalue weighted by Crippen LogP contribution is -2.58. The molecule has 2 aliphatic rings. The Morgan fingerprint density at radius 1 is 1.13 bits per heavy atom. The number of carbonyl (C=O) groups is 2. The third-order valence-corrected chi connectivity index (χ3v) is 8.25. The Morgan fingerprint density at radius 3 is 2.48 bits per heavy atom. The number of halogens is 4. The summed E-state index contributed by atoms with van der Waals surface area (Å²) < 4.78 is 55.1. The zero-order valence-corrected chi connectivity index (χ0v) is 26.6. The number of aromatic nitrogens is 2. The minimum absolute atomic E-state index is 0.00414. The molecule has 246 valence electrons. The topological polar surface area (TPSA) is 115 Å². The number of pyridine rings is 2. The van der Waals surface area contributed by atoms with Gasteiger partial charge in [0.2, 0.25) is 5.88 Å². The van der Waals surface area contributed by atoms with E-state index in [1.807, 2.05) is 13.8 Å². The summed E-state index contributed by atoms with van der Waals surface area (Å²) in [6.07, 6.45) is 3.32. The van der Waals surface area contributed by atoms with Crippen molar-refractivity contribution in [3.8, 4) is 17.0 Å². The summed E-state index contributed by atoms with van der Waals surface area (Å²) in [7, 11) is 1.62. The van der Waals surface area contributed by atoms with Crippen molar-refractivity contribution in [2.75, 3.05) is 32.1 Å². The van der Waals surface area contributed by atoms with E-state index in [2.05, 4.69) is 15.6 Å². The predicted molar refractivity (Wildman–Crippen MR) is 166 cm³/mol. The number of rotatable bonds is 12. The molecular formula is C32H35ClF3N5O5. The number of anilines is 1. The molecule has 0 spiro atoms. The molecule has 2 aromatic heterocycles. The van der Waals surface area contributed by atoms with Crippen LogP contribution < -0.4 is 20.9 Å². The molecule has 14 heteroatoms. The average molecular weight is 662 g/mol. The van der Waals surface area contributed by atoms with Gasteiger partial charge in [-0.15, -0.1) is 0 Å². The van der Waals surface area contributed by atoms with Gasteiger partial charge in [0.25, 0.3) is 23.3 Å². The van der Waals surface area contributed by atoms with Crippen LogP contribution in [-0.4, -0.2) is 71.1 Å². The van der Waals surface area contributed by atoms with Gasteiger partial charge in [-0.1, -0.05) is 11.6 Å². The van der Waals surface area contributed by atoms with Crippen LogP contribution in [0.15, 0.2) is 41.3 Å². The van der Waals surface area contributed by atoms with Crippen molar-refractivity contribution in [2.24, 2.45) is 0 Å². The molecule has 2 N–H and O–H groups in total. The van der Waals surface area contributed by atoms with Gasteiger partial charge in [0.15, 0.2) is 0 Å². The molecule has 46 heavy (non-hydrogen) atoms. The largest absolute Gasteiger partial charge is 0.478 e. The zero-order chi connectivity index (χ0) is 33.3. The van der Waals surface area contributed by atoms with Gasteiger partial charge >= 0.3 is 0 Å². The van der Waals surface area contributed by atoms with Crippen molar-refractivity contribution in [2.45, 2.75) is 64.3 Å². The second-order valence-corrected chi connectivity index (χ2v) is 12.0.